The van der Waals surface area contributed by atoms with Crippen molar-refractivity contribution in [2.75, 3.05) is 6.61 Å². The molecule has 1 rings (SSSR count). The molecule has 7 heteroatoms. The first-order valence-electron chi connectivity index (χ1n) is 5.45. The van der Waals surface area contributed by atoms with Crippen molar-refractivity contribution in [2.24, 2.45) is 0 Å². The highest BCUT2D eigenvalue weighted by Gasteiger charge is 2.29. The van der Waals surface area contributed by atoms with Gasteiger partial charge in [0.1, 0.15) is 0 Å². The van der Waals surface area contributed by atoms with Crippen molar-refractivity contribution < 1.29 is 26.9 Å². The summed E-state index contributed by atoms with van der Waals surface area (Å²) in [6.45, 7) is 3.32. The number of aryl methyl sites for hydroxylation is 1. The molecule has 0 saturated carbocycles. The fourth-order valence-electron chi connectivity index (χ4n) is 1.21. The van der Waals surface area contributed by atoms with Gasteiger partial charge in [-0.1, -0.05) is 17.7 Å². The zero-order chi connectivity index (χ0) is 14.5. The lowest BCUT2D eigenvalue weighted by atomic mass is 10.2. The Balaban J connectivity index is 2.92. The normalized spacial score (nSPS) is 12.7. The van der Waals surface area contributed by atoms with Crippen LogP contribution in [0.25, 0.3) is 0 Å². The third-order valence-electron chi connectivity index (χ3n) is 2.14. The van der Waals surface area contributed by atoms with Crippen LogP contribution in [0, 0.1) is 6.92 Å². The van der Waals surface area contributed by atoms with E-state index >= 15 is 0 Å². The van der Waals surface area contributed by atoms with Gasteiger partial charge < -0.3 is 4.74 Å². The minimum Gasteiger partial charge on any atom is -0.464 e. The van der Waals surface area contributed by atoms with Crippen molar-refractivity contribution in [3.05, 3.63) is 29.8 Å². The molecule has 1 radical (unpaired) electrons. The van der Waals surface area contributed by atoms with Crippen LogP contribution >= 0.6 is 0 Å². The third-order valence-corrected chi connectivity index (χ3v) is 3.44. The Bertz CT molecular complexity index is 546. The quantitative estimate of drug-likeness (QED) is 0.435. The molecule has 1 unspecified atom stereocenters. The Morgan fingerprint density at radius 3 is 2.37 bits per heavy atom. The second-order valence-electron chi connectivity index (χ2n) is 3.61. The first kappa shape index (κ1) is 15.3. The molecular formula is C12H13O6S. The second-order valence-corrected chi connectivity index (χ2v) is 5.19. The maximum Gasteiger partial charge on any atom is 0.345 e. The summed E-state index contributed by atoms with van der Waals surface area (Å²) in [5, 5.41) is 0. The Morgan fingerprint density at radius 2 is 1.89 bits per heavy atom. The van der Waals surface area contributed by atoms with E-state index in [9.17, 15) is 18.0 Å². The van der Waals surface area contributed by atoms with E-state index in [1.807, 2.05) is 0 Å². The lowest BCUT2D eigenvalue weighted by molar-refractivity contribution is -0.148. The Kier molecular flexibility index (Phi) is 5.20. The van der Waals surface area contributed by atoms with Crippen molar-refractivity contribution in [3.63, 3.8) is 0 Å². The predicted octanol–water partition coefficient (Wildman–Crippen LogP) is 0.742. The summed E-state index contributed by atoms with van der Waals surface area (Å²) in [6.07, 6.45) is -0.713. The van der Waals surface area contributed by atoms with Crippen LogP contribution in [0.2, 0.25) is 0 Å². The number of benzene rings is 1. The fourth-order valence-corrected chi connectivity index (χ4v) is 2.16. The first-order chi connectivity index (χ1) is 8.90. The van der Waals surface area contributed by atoms with Gasteiger partial charge in [-0.15, -0.1) is 0 Å². The number of esters is 1. The minimum absolute atomic E-state index is 0.00491. The number of ether oxygens (including phenoxy) is 1. The highest BCUT2D eigenvalue weighted by molar-refractivity contribution is 7.86. The highest BCUT2D eigenvalue weighted by atomic mass is 32.2. The van der Waals surface area contributed by atoms with E-state index in [4.69, 9.17) is 0 Å². The average molecular weight is 285 g/mol. The van der Waals surface area contributed by atoms with Crippen LogP contribution in [0.15, 0.2) is 29.2 Å². The van der Waals surface area contributed by atoms with Crippen LogP contribution in [0.3, 0.4) is 0 Å². The molecule has 19 heavy (non-hydrogen) atoms. The lowest BCUT2D eigenvalue weighted by Gasteiger charge is -2.10. The SMILES string of the molecule is CCOC(=O)C([C]=O)OS(=O)(=O)c1ccc(C)cc1. The van der Waals surface area contributed by atoms with Crippen LogP contribution in [0.5, 0.6) is 0 Å². The number of carbonyl (C=O) groups excluding carboxylic acids is 2. The van der Waals surface area contributed by atoms with Crippen molar-refractivity contribution in [1.82, 2.24) is 0 Å². The molecule has 0 aromatic heterocycles. The van der Waals surface area contributed by atoms with Crippen LogP contribution in [0.1, 0.15) is 12.5 Å². The van der Waals surface area contributed by atoms with Gasteiger partial charge >= 0.3 is 5.97 Å². The van der Waals surface area contributed by atoms with Gasteiger partial charge in [-0.3, -0.25) is 4.79 Å². The van der Waals surface area contributed by atoms with Crippen molar-refractivity contribution in [1.29, 1.82) is 0 Å². The number of carbonyl (C=O) groups is 1. The largest absolute Gasteiger partial charge is 0.464 e. The molecule has 1 aromatic rings. The van der Waals surface area contributed by atoms with Gasteiger partial charge in [0.2, 0.25) is 12.4 Å². The van der Waals surface area contributed by atoms with Gasteiger partial charge in [0.25, 0.3) is 10.1 Å². The van der Waals surface area contributed by atoms with Gasteiger partial charge in [-0.2, -0.15) is 8.42 Å². The molecule has 0 bridgehead atoms. The van der Waals surface area contributed by atoms with Crippen molar-refractivity contribution in [3.8, 4) is 0 Å². The molecule has 1 atom stereocenters. The van der Waals surface area contributed by atoms with E-state index in [0.717, 1.165) is 5.56 Å². The molecule has 0 saturated heterocycles. The molecule has 103 valence electrons. The zero-order valence-electron chi connectivity index (χ0n) is 10.5. The summed E-state index contributed by atoms with van der Waals surface area (Å²) < 4.78 is 32.6. The molecule has 0 heterocycles. The molecule has 0 spiro atoms. The van der Waals surface area contributed by atoms with E-state index < -0.39 is 22.2 Å². The molecule has 0 aliphatic carbocycles. The Labute approximate surface area is 111 Å². The Morgan fingerprint density at radius 1 is 1.32 bits per heavy atom. The summed E-state index contributed by atoms with van der Waals surface area (Å²) in [4.78, 5) is 21.7. The zero-order valence-corrected chi connectivity index (χ0v) is 11.3. The summed E-state index contributed by atoms with van der Waals surface area (Å²) >= 11 is 0. The van der Waals surface area contributed by atoms with Crippen LogP contribution in [-0.4, -0.2) is 33.4 Å². The molecular weight excluding hydrogens is 272 g/mol. The van der Waals surface area contributed by atoms with Crippen LogP contribution in [-0.2, 0) is 28.6 Å². The standard InChI is InChI=1S/C12H13O6S/c1-3-17-12(14)11(8-13)18-19(15,16)10-6-4-9(2)5-7-10/h4-7,11H,3H2,1-2H3. The smallest absolute Gasteiger partial charge is 0.345 e. The van der Waals surface area contributed by atoms with E-state index in [2.05, 4.69) is 8.92 Å². The van der Waals surface area contributed by atoms with Gasteiger partial charge in [0.05, 0.1) is 11.5 Å². The highest BCUT2D eigenvalue weighted by Crippen LogP contribution is 2.15. The molecule has 0 aliphatic rings. The molecule has 0 N–H and O–H groups in total. The van der Waals surface area contributed by atoms with Crippen molar-refractivity contribution >= 4 is 22.4 Å². The van der Waals surface area contributed by atoms with E-state index in [0.29, 0.717) is 0 Å². The van der Waals surface area contributed by atoms with E-state index in [1.165, 1.54) is 25.3 Å². The lowest BCUT2D eigenvalue weighted by Crippen LogP contribution is -2.30. The second kappa shape index (κ2) is 6.44. The number of hydrogen-bond donors (Lipinski definition) is 0. The summed E-state index contributed by atoms with van der Waals surface area (Å²) in [5.74, 6) is -1.09. The molecule has 0 aliphatic heterocycles. The van der Waals surface area contributed by atoms with Gasteiger partial charge in [-0.05, 0) is 26.0 Å². The predicted molar refractivity (Wildman–Crippen MR) is 65.6 cm³/mol. The van der Waals surface area contributed by atoms with Crippen LogP contribution in [0.4, 0.5) is 0 Å². The van der Waals surface area contributed by atoms with Crippen molar-refractivity contribution in [2.45, 2.75) is 24.8 Å². The van der Waals surface area contributed by atoms with Gasteiger partial charge in [0.15, 0.2) is 0 Å². The maximum absolute atomic E-state index is 11.8. The third kappa shape index (κ3) is 4.15. The fraction of sp³-hybridized carbons (Fsp3) is 0.333. The minimum atomic E-state index is -4.22. The summed E-state index contributed by atoms with van der Waals surface area (Å²) in [6, 6.07) is 5.77. The molecule has 6 nitrogen and oxygen atoms in total. The van der Waals surface area contributed by atoms with E-state index in [-0.39, 0.29) is 11.5 Å². The summed E-state index contributed by atoms with van der Waals surface area (Å²) in [5.41, 5.74) is 0.864. The van der Waals surface area contributed by atoms with Crippen LogP contribution < -0.4 is 0 Å². The number of hydrogen-bond acceptors (Lipinski definition) is 6. The van der Waals surface area contributed by atoms with Gasteiger partial charge in [0, 0.05) is 0 Å². The average Bonchev–Trinajstić information content (AvgIpc) is 2.36. The molecule has 0 amide bonds. The topological polar surface area (TPSA) is 86.7 Å². The molecule has 0 fully saturated rings. The Hall–Kier alpha value is -1.73. The van der Waals surface area contributed by atoms with Gasteiger partial charge in [-0.25, -0.2) is 8.98 Å². The van der Waals surface area contributed by atoms with E-state index in [1.54, 1.807) is 19.1 Å². The monoisotopic (exact) mass is 285 g/mol. The number of rotatable bonds is 6. The first-order valence-corrected chi connectivity index (χ1v) is 6.85. The molecule has 1 aromatic carbocycles. The maximum atomic E-state index is 11.8. The summed E-state index contributed by atoms with van der Waals surface area (Å²) in [7, 11) is -4.22.